The molecule has 0 spiro atoms. The van der Waals surface area contributed by atoms with Crippen LogP contribution in [0, 0.1) is 6.92 Å². The molecule has 0 unspecified atom stereocenters. The molecule has 0 radical (unpaired) electrons. The van der Waals surface area contributed by atoms with E-state index in [1.807, 2.05) is 19.2 Å². The number of carbonyl (C=O) groups is 1. The number of nitrogens with zero attached hydrogens (tertiary/aromatic N) is 2. The maximum Gasteiger partial charge on any atom is 0.272 e. The summed E-state index contributed by atoms with van der Waals surface area (Å²) in [5, 5.41) is 17.8. The van der Waals surface area contributed by atoms with Crippen molar-refractivity contribution in [3.05, 3.63) is 39.7 Å². The topological polar surface area (TPSA) is 66.9 Å². The molecule has 0 aliphatic rings. The summed E-state index contributed by atoms with van der Waals surface area (Å²) in [6, 6.07) is 3.42. The maximum atomic E-state index is 11.9. The first-order valence-corrected chi connectivity index (χ1v) is 7.02. The van der Waals surface area contributed by atoms with Crippen LogP contribution in [-0.2, 0) is 6.54 Å². The molecule has 2 rings (SSSR count). The van der Waals surface area contributed by atoms with Crippen molar-refractivity contribution in [2.75, 3.05) is 11.9 Å². The first kappa shape index (κ1) is 13.5. The van der Waals surface area contributed by atoms with Crippen molar-refractivity contribution in [3.63, 3.8) is 0 Å². The van der Waals surface area contributed by atoms with Crippen LogP contribution in [0.25, 0.3) is 0 Å². The average molecular weight is 276 g/mol. The van der Waals surface area contributed by atoms with E-state index in [-0.39, 0.29) is 5.91 Å². The average Bonchev–Trinajstić information content (AvgIpc) is 2.83. The highest BCUT2D eigenvalue weighted by Gasteiger charge is 2.08. The summed E-state index contributed by atoms with van der Waals surface area (Å²) in [6.45, 7) is 5.30. The second-order valence-electron chi connectivity index (χ2n) is 4.10. The van der Waals surface area contributed by atoms with E-state index in [9.17, 15) is 4.79 Å². The molecule has 2 aromatic rings. The van der Waals surface area contributed by atoms with Gasteiger partial charge < -0.3 is 10.6 Å². The Balaban J connectivity index is 1.94. The summed E-state index contributed by atoms with van der Waals surface area (Å²) >= 11 is 1.63. The lowest BCUT2D eigenvalue weighted by Crippen LogP contribution is -2.24. The fraction of sp³-hybridized carbons (Fsp3) is 0.308. The van der Waals surface area contributed by atoms with Crippen LogP contribution in [0.15, 0.2) is 22.9 Å². The van der Waals surface area contributed by atoms with E-state index in [1.54, 1.807) is 23.5 Å². The van der Waals surface area contributed by atoms with E-state index in [0.717, 1.165) is 12.1 Å². The third kappa shape index (κ3) is 3.51. The smallest absolute Gasteiger partial charge is 0.272 e. The lowest BCUT2D eigenvalue weighted by atomic mass is 10.2. The van der Waals surface area contributed by atoms with E-state index in [4.69, 9.17) is 0 Å². The third-order valence-electron chi connectivity index (χ3n) is 2.66. The molecule has 2 N–H and O–H groups in total. The summed E-state index contributed by atoms with van der Waals surface area (Å²) in [7, 11) is 0. The minimum absolute atomic E-state index is 0.207. The zero-order valence-electron chi connectivity index (χ0n) is 10.9. The molecule has 0 atom stereocenters. The van der Waals surface area contributed by atoms with Crippen molar-refractivity contribution in [1.82, 2.24) is 15.5 Å². The van der Waals surface area contributed by atoms with Gasteiger partial charge in [0.05, 0.1) is 0 Å². The van der Waals surface area contributed by atoms with Gasteiger partial charge >= 0.3 is 0 Å². The van der Waals surface area contributed by atoms with Crippen LogP contribution < -0.4 is 10.6 Å². The molecule has 0 aliphatic carbocycles. The monoisotopic (exact) mass is 276 g/mol. The highest BCUT2D eigenvalue weighted by molar-refractivity contribution is 7.08. The molecule has 0 aromatic carbocycles. The van der Waals surface area contributed by atoms with Gasteiger partial charge in [-0.05, 0) is 47.9 Å². The van der Waals surface area contributed by atoms with Gasteiger partial charge in [-0.1, -0.05) is 0 Å². The number of amides is 1. The maximum absolute atomic E-state index is 11.9. The van der Waals surface area contributed by atoms with Crippen LogP contribution >= 0.6 is 11.3 Å². The van der Waals surface area contributed by atoms with Crippen molar-refractivity contribution in [2.45, 2.75) is 20.4 Å². The zero-order valence-corrected chi connectivity index (χ0v) is 11.8. The van der Waals surface area contributed by atoms with Crippen LogP contribution in [0.3, 0.4) is 0 Å². The summed E-state index contributed by atoms with van der Waals surface area (Å²) in [5.74, 6) is 0.467. The number of aromatic nitrogens is 2. The summed E-state index contributed by atoms with van der Waals surface area (Å²) in [5.41, 5.74) is 2.66. The Labute approximate surface area is 116 Å². The summed E-state index contributed by atoms with van der Waals surface area (Å²) in [4.78, 5) is 11.9. The molecule has 0 fully saturated rings. The number of anilines is 1. The van der Waals surface area contributed by atoms with Gasteiger partial charge in [-0.25, -0.2) is 0 Å². The lowest BCUT2D eigenvalue weighted by Gasteiger charge is -2.05. The molecule has 0 aliphatic heterocycles. The second-order valence-corrected chi connectivity index (χ2v) is 4.84. The Bertz CT molecular complexity index is 550. The van der Waals surface area contributed by atoms with Gasteiger partial charge in [0.25, 0.3) is 5.91 Å². The molecule has 19 heavy (non-hydrogen) atoms. The Kier molecular flexibility index (Phi) is 4.46. The first-order chi connectivity index (χ1) is 9.20. The van der Waals surface area contributed by atoms with Gasteiger partial charge in [-0.15, -0.1) is 10.2 Å². The van der Waals surface area contributed by atoms with E-state index in [2.05, 4.69) is 26.2 Å². The fourth-order valence-corrected chi connectivity index (χ4v) is 2.42. The predicted octanol–water partition coefficient (Wildman–Crippen LogP) is 2.21. The van der Waals surface area contributed by atoms with Gasteiger partial charge in [-0.2, -0.15) is 11.3 Å². The number of nitrogens with one attached hydrogen (secondary N) is 2. The number of rotatable bonds is 5. The highest BCUT2D eigenvalue weighted by atomic mass is 32.1. The quantitative estimate of drug-likeness (QED) is 0.878. The summed E-state index contributed by atoms with van der Waals surface area (Å²) in [6.07, 6.45) is 0. The molecule has 1 amide bonds. The van der Waals surface area contributed by atoms with E-state index in [0.29, 0.717) is 18.1 Å². The molecule has 2 heterocycles. The van der Waals surface area contributed by atoms with Crippen LogP contribution in [0.5, 0.6) is 0 Å². The van der Waals surface area contributed by atoms with E-state index in [1.165, 1.54) is 5.56 Å². The third-order valence-corrected chi connectivity index (χ3v) is 3.57. The largest absolute Gasteiger partial charge is 0.369 e. The molecule has 100 valence electrons. The van der Waals surface area contributed by atoms with Crippen molar-refractivity contribution in [2.24, 2.45) is 0 Å². The number of aryl methyl sites for hydroxylation is 1. The van der Waals surface area contributed by atoms with Gasteiger partial charge in [0.2, 0.25) is 0 Å². The fourth-order valence-electron chi connectivity index (χ4n) is 1.56. The standard InChI is InChI=1S/C13H16N4OS/c1-3-14-12-5-4-11(16-17-12)13(18)15-6-10-8-19-7-9(10)2/h4-5,7-8H,3,6H2,1-2H3,(H,14,17)(H,15,18). The van der Waals surface area contributed by atoms with E-state index < -0.39 is 0 Å². The van der Waals surface area contributed by atoms with E-state index >= 15 is 0 Å². The summed E-state index contributed by atoms with van der Waals surface area (Å²) < 4.78 is 0. The molecule has 5 nitrogen and oxygen atoms in total. The SMILES string of the molecule is CCNc1ccc(C(=O)NCc2cscc2C)nn1. The Morgan fingerprint density at radius 3 is 2.74 bits per heavy atom. The van der Waals surface area contributed by atoms with Crippen molar-refractivity contribution < 1.29 is 4.79 Å². The molecule has 0 bridgehead atoms. The Morgan fingerprint density at radius 1 is 1.32 bits per heavy atom. The predicted molar refractivity (Wildman–Crippen MR) is 76.4 cm³/mol. The molecular weight excluding hydrogens is 260 g/mol. The number of thiophene rings is 1. The Morgan fingerprint density at radius 2 is 2.16 bits per heavy atom. The van der Waals surface area contributed by atoms with Crippen molar-refractivity contribution >= 4 is 23.1 Å². The van der Waals surface area contributed by atoms with Crippen LogP contribution in [0.4, 0.5) is 5.82 Å². The van der Waals surface area contributed by atoms with Crippen LogP contribution in [-0.4, -0.2) is 22.6 Å². The highest BCUT2D eigenvalue weighted by Crippen LogP contribution is 2.13. The molecule has 0 saturated carbocycles. The molecule has 2 aromatic heterocycles. The zero-order chi connectivity index (χ0) is 13.7. The molecular formula is C13H16N4OS. The number of hydrogen-bond donors (Lipinski definition) is 2. The lowest BCUT2D eigenvalue weighted by molar-refractivity contribution is 0.0945. The van der Waals surface area contributed by atoms with Crippen LogP contribution in [0.1, 0.15) is 28.5 Å². The van der Waals surface area contributed by atoms with Crippen LogP contribution in [0.2, 0.25) is 0 Å². The first-order valence-electron chi connectivity index (χ1n) is 6.08. The normalized spacial score (nSPS) is 10.2. The number of carbonyl (C=O) groups excluding carboxylic acids is 1. The van der Waals surface area contributed by atoms with Gasteiger partial charge in [-0.3, -0.25) is 4.79 Å². The van der Waals surface area contributed by atoms with Gasteiger partial charge in [0.1, 0.15) is 5.82 Å². The molecule has 0 saturated heterocycles. The second kappa shape index (κ2) is 6.29. The van der Waals surface area contributed by atoms with Gasteiger partial charge in [0.15, 0.2) is 5.69 Å². The molecule has 6 heteroatoms. The Hall–Kier alpha value is -1.95. The van der Waals surface area contributed by atoms with Gasteiger partial charge in [0, 0.05) is 13.1 Å². The number of hydrogen-bond acceptors (Lipinski definition) is 5. The minimum atomic E-state index is -0.207. The minimum Gasteiger partial charge on any atom is -0.369 e. The van der Waals surface area contributed by atoms with Crippen molar-refractivity contribution in [3.8, 4) is 0 Å². The van der Waals surface area contributed by atoms with Crippen molar-refractivity contribution in [1.29, 1.82) is 0 Å².